The number of halogens is 1. The summed E-state index contributed by atoms with van der Waals surface area (Å²) >= 11 is 2.04. The van der Waals surface area contributed by atoms with E-state index in [0.717, 1.165) is 6.42 Å². The van der Waals surface area contributed by atoms with Gasteiger partial charge in [0, 0.05) is 29.4 Å². The van der Waals surface area contributed by atoms with Crippen molar-refractivity contribution in [1.82, 2.24) is 3.53 Å². The molecule has 0 aromatic rings. The zero-order valence-corrected chi connectivity index (χ0v) is 8.05. The lowest BCUT2D eigenvalue weighted by atomic mass is 10.1. The summed E-state index contributed by atoms with van der Waals surface area (Å²) in [5.41, 5.74) is 0. The number of hydrogen-bond donors (Lipinski definition) is 2. The van der Waals surface area contributed by atoms with Crippen LogP contribution in [0, 0.1) is 5.92 Å². The van der Waals surface area contributed by atoms with Crippen LogP contribution in [0.15, 0.2) is 0 Å². The Morgan fingerprint density at radius 1 is 1.56 bits per heavy atom. The normalized spacial score (nSPS) is 14.3. The van der Waals surface area contributed by atoms with E-state index in [1.165, 1.54) is 0 Å². The van der Waals surface area contributed by atoms with Crippen molar-refractivity contribution >= 4 is 22.9 Å². The highest BCUT2D eigenvalue weighted by Crippen LogP contribution is 2.03. The van der Waals surface area contributed by atoms with E-state index in [4.69, 9.17) is 5.11 Å². The molecular formula is C6H14INO. The molecule has 0 fully saturated rings. The van der Waals surface area contributed by atoms with Gasteiger partial charge in [0.1, 0.15) is 0 Å². The predicted octanol–water partition coefficient (Wildman–Crippen LogP) is 1.33. The molecule has 1 unspecified atom stereocenters. The smallest absolute Gasteiger partial charge is 0.0675 e. The summed E-state index contributed by atoms with van der Waals surface area (Å²) < 4.78 is 2.89. The lowest BCUT2D eigenvalue weighted by Gasteiger charge is -2.10. The second kappa shape index (κ2) is 5.44. The zero-order valence-electron chi connectivity index (χ0n) is 5.89. The molecular weight excluding hydrogens is 229 g/mol. The van der Waals surface area contributed by atoms with Crippen molar-refractivity contribution in [1.29, 1.82) is 0 Å². The van der Waals surface area contributed by atoms with Crippen molar-refractivity contribution in [2.24, 2.45) is 5.92 Å². The van der Waals surface area contributed by atoms with Crippen molar-refractivity contribution in [3.8, 4) is 0 Å². The van der Waals surface area contributed by atoms with E-state index in [-0.39, 0.29) is 6.10 Å². The van der Waals surface area contributed by atoms with Crippen molar-refractivity contribution in [3.63, 3.8) is 0 Å². The van der Waals surface area contributed by atoms with Crippen LogP contribution in [-0.4, -0.2) is 17.8 Å². The van der Waals surface area contributed by atoms with Gasteiger partial charge in [-0.05, 0) is 12.3 Å². The number of aliphatic hydroxyl groups excluding tert-OH is 1. The van der Waals surface area contributed by atoms with Gasteiger partial charge >= 0.3 is 0 Å². The Morgan fingerprint density at radius 2 is 2.11 bits per heavy atom. The molecule has 1 atom stereocenters. The minimum absolute atomic E-state index is 0.179. The lowest BCUT2D eigenvalue weighted by molar-refractivity contribution is 0.154. The van der Waals surface area contributed by atoms with Crippen LogP contribution in [0.2, 0.25) is 0 Å². The molecule has 0 amide bonds. The van der Waals surface area contributed by atoms with Crippen molar-refractivity contribution in [3.05, 3.63) is 0 Å². The highest BCUT2D eigenvalue weighted by atomic mass is 127. The molecule has 0 spiro atoms. The van der Waals surface area contributed by atoms with Gasteiger partial charge < -0.3 is 5.11 Å². The first kappa shape index (κ1) is 9.65. The van der Waals surface area contributed by atoms with Gasteiger partial charge in [0.05, 0.1) is 6.10 Å². The molecule has 2 nitrogen and oxygen atoms in total. The summed E-state index contributed by atoms with van der Waals surface area (Å²) in [6.07, 6.45) is 0.706. The van der Waals surface area contributed by atoms with Crippen LogP contribution in [-0.2, 0) is 0 Å². The second-order valence-electron chi connectivity index (χ2n) is 2.62. The van der Waals surface area contributed by atoms with Gasteiger partial charge in [-0.3, -0.25) is 3.53 Å². The van der Waals surface area contributed by atoms with Gasteiger partial charge in [-0.25, -0.2) is 0 Å². The highest BCUT2D eigenvalue weighted by molar-refractivity contribution is 14.1. The standard InChI is InChI=1S/C6H14INO/c1-5(2)3-6(9)4-8-7/h5-6,8-9H,3-4H2,1-2H3. The molecule has 0 rings (SSSR count). The van der Waals surface area contributed by atoms with Gasteiger partial charge in [-0.1, -0.05) is 13.8 Å². The summed E-state index contributed by atoms with van der Waals surface area (Å²) in [4.78, 5) is 0. The SMILES string of the molecule is CC(C)CC(O)CNI. The highest BCUT2D eigenvalue weighted by Gasteiger charge is 2.04. The van der Waals surface area contributed by atoms with E-state index in [9.17, 15) is 0 Å². The van der Waals surface area contributed by atoms with Gasteiger partial charge in [0.15, 0.2) is 0 Å². The predicted molar refractivity (Wildman–Crippen MR) is 47.5 cm³/mol. The average molecular weight is 243 g/mol. The number of hydrogen-bond acceptors (Lipinski definition) is 2. The first-order chi connectivity index (χ1) is 4.16. The fourth-order valence-electron chi connectivity index (χ4n) is 0.717. The first-order valence-electron chi connectivity index (χ1n) is 3.18. The Bertz CT molecular complexity index is 68.1. The molecule has 3 heteroatoms. The minimum Gasteiger partial charge on any atom is -0.392 e. The van der Waals surface area contributed by atoms with Crippen LogP contribution in [0.1, 0.15) is 20.3 Å². The van der Waals surface area contributed by atoms with Crippen molar-refractivity contribution < 1.29 is 5.11 Å². The molecule has 56 valence electrons. The number of nitrogens with one attached hydrogen (secondary N) is 1. The molecule has 0 saturated carbocycles. The first-order valence-corrected chi connectivity index (χ1v) is 4.26. The van der Waals surface area contributed by atoms with Gasteiger partial charge in [0.25, 0.3) is 0 Å². The molecule has 9 heavy (non-hydrogen) atoms. The maximum Gasteiger partial charge on any atom is 0.0675 e. The monoisotopic (exact) mass is 243 g/mol. The third kappa shape index (κ3) is 6.54. The van der Waals surface area contributed by atoms with E-state index in [1.807, 2.05) is 22.9 Å². The van der Waals surface area contributed by atoms with Crippen molar-refractivity contribution in [2.45, 2.75) is 26.4 Å². The van der Waals surface area contributed by atoms with Crippen LogP contribution in [0.4, 0.5) is 0 Å². The largest absolute Gasteiger partial charge is 0.392 e. The van der Waals surface area contributed by atoms with Gasteiger partial charge in [0.2, 0.25) is 0 Å². The molecule has 0 heterocycles. The molecule has 0 bridgehead atoms. The zero-order chi connectivity index (χ0) is 7.28. The van der Waals surface area contributed by atoms with E-state index in [0.29, 0.717) is 12.5 Å². The summed E-state index contributed by atoms with van der Waals surface area (Å²) in [6.45, 7) is 4.91. The molecule has 0 saturated heterocycles. The quantitative estimate of drug-likeness (QED) is 0.576. The maximum atomic E-state index is 9.15. The van der Waals surface area contributed by atoms with E-state index in [2.05, 4.69) is 17.4 Å². The summed E-state index contributed by atoms with van der Waals surface area (Å²) in [5, 5.41) is 9.15. The van der Waals surface area contributed by atoms with E-state index in [1.54, 1.807) is 0 Å². The van der Waals surface area contributed by atoms with Crippen molar-refractivity contribution in [2.75, 3.05) is 6.54 Å². The Hall–Kier alpha value is 0.650. The summed E-state index contributed by atoms with van der Waals surface area (Å²) in [7, 11) is 0. The molecule has 0 radical (unpaired) electrons. The Kier molecular flexibility index (Phi) is 5.83. The van der Waals surface area contributed by atoms with Crippen LogP contribution in [0.25, 0.3) is 0 Å². The topological polar surface area (TPSA) is 32.3 Å². The Balaban J connectivity index is 3.15. The van der Waals surface area contributed by atoms with Crippen LogP contribution in [0.3, 0.4) is 0 Å². The molecule has 2 N–H and O–H groups in total. The molecule has 0 aromatic carbocycles. The van der Waals surface area contributed by atoms with E-state index >= 15 is 0 Å². The fourth-order valence-corrected chi connectivity index (χ4v) is 1.22. The molecule has 0 aliphatic rings. The molecule has 0 aliphatic heterocycles. The minimum atomic E-state index is -0.179. The molecule has 0 aliphatic carbocycles. The Morgan fingerprint density at radius 3 is 2.44 bits per heavy atom. The number of aliphatic hydroxyl groups is 1. The molecule has 0 aromatic heterocycles. The third-order valence-electron chi connectivity index (χ3n) is 1.06. The summed E-state index contributed by atoms with van der Waals surface area (Å²) in [6, 6.07) is 0. The van der Waals surface area contributed by atoms with Gasteiger partial charge in [-0.2, -0.15) is 0 Å². The van der Waals surface area contributed by atoms with Crippen LogP contribution >= 0.6 is 22.9 Å². The van der Waals surface area contributed by atoms with Crippen LogP contribution in [0.5, 0.6) is 0 Å². The summed E-state index contributed by atoms with van der Waals surface area (Å²) in [5.74, 6) is 0.588. The maximum absolute atomic E-state index is 9.15. The van der Waals surface area contributed by atoms with Crippen LogP contribution < -0.4 is 3.53 Å². The second-order valence-corrected chi connectivity index (χ2v) is 3.38. The third-order valence-corrected chi connectivity index (χ3v) is 1.50. The fraction of sp³-hybridized carbons (Fsp3) is 1.00. The average Bonchev–Trinajstić information content (AvgIpc) is 1.63. The van der Waals surface area contributed by atoms with Gasteiger partial charge in [-0.15, -0.1) is 0 Å². The Labute approximate surface area is 70.5 Å². The van der Waals surface area contributed by atoms with E-state index < -0.39 is 0 Å². The number of rotatable bonds is 4. The lowest BCUT2D eigenvalue weighted by Crippen LogP contribution is -2.21.